The minimum atomic E-state index is -4.48. The Morgan fingerprint density at radius 1 is 1.10 bits per heavy atom. The van der Waals surface area contributed by atoms with Crippen molar-refractivity contribution in [3.05, 3.63) is 75.8 Å². The van der Waals surface area contributed by atoms with E-state index in [0.717, 1.165) is 28.3 Å². The third-order valence-corrected chi connectivity index (χ3v) is 5.63. The van der Waals surface area contributed by atoms with Crippen molar-refractivity contribution >= 4 is 28.4 Å². The lowest BCUT2D eigenvalue weighted by atomic mass is 10.1. The molecule has 0 saturated heterocycles. The zero-order chi connectivity index (χ0) is 20.8. The number of rotatable bonds is 3. The molecule has 2 N–H and O–H groups in total. The SMILES string of the molecule is Cc1sc(C2=C(O)CN(c3cccc(C(F)(F)F)c3)C2=N)nc1-c1ccccc1. The summed E-state index contributed by atoms with van der Waals surface area (Å²) in [7, 11) is 0. The molecule has 0 amide bonds. The van der Waals surface area contributed by atoms with Crippen LogP contribution in [-0.4, -0.2) is 22.5 Å². The molecule has 0 unspecified atom stereocenters. The molecule has 1 aliphatic heterocycles. The number of hydrogen-bond acceptors (Lipinski definition) is 4. The molecule has 4 nitrogen and oxygen atoms in total. The molecule has 0 radical (unpaired) electrons. The number of benzene rings is 2. The smallest absolute Gasteiger partial charge is 0.416 e. The molecule has 1 aliphatic rings. The maximum atomic E-state index is 13.0. The van der Waals surface area contributed by atoms with E-state index in [2.05, 4.69) is 4.98 Å². The van der Waals surface area contributed by atoms with E-state index in [1.165, 1.54) is 28.4 Å². The van der Waals surface area contributed by atoms with Gasteiger partial charge < -0.3 is 10.0 Å². The van der Waals surface area contributed by atoms with Gasteiger partial charge in [-0.25, -0.2) is 4.98 Å². The summed E-state index contributed by atoms with van der Waals surface area (Å²) < 4.78 is 39.1. The Morgan fingerprint density at radius 3 is 2.52 bits per heavy atom. The summed E-state index contributed by atoms with van der Waals surface area (Å²) in [5, 5.41) is 19.4. The van der Waals surface area contributed by atoms with Crippen LogP contribution < -0.4 is 4.90 Å². The summed E-state index contributed by atoms with van der Waals surface area (Å²) in [6.07, 6.45) is -4.48. The molecule has 0 bridgehead atoms. The van der Waals surface area contributed by atoms with Gasteiger partial charge in [-0.15, -0.1) is 11.3 Å². The Kier molecular flexibility index (Phi) is 4.66. The maximum absolute atomic E-state index is 13.0. The van der Waals surface area contributed by atoms with Gasteiger partial charge in [0.2, 0.25) is 0 Å². The fourth-order valence-corrected chi connectivity index (χ4v) is 4.25. The number of aryl methyl sites for hydroxylation is 1. The number of nitrogens with zero attached hydrogens (tertiary/aromatic N) is 2. The molecular weight excluding hydrogens is 399 g/mol. The van der Waals surface area contributed by atoms with Crippen molar-refractivity contribution in [3.8, 4) is 11.3 Å². The molecule has 8 heteroatoms. The average molecular weight is 415 g/mol. The number of thiazole rings is 1. The first-order chi connectivity index (χ1) is 13.8. The number of anilines is 1. The van der Waals surface area contributed by atoms with Gasteiger partial charge in [0.25, 0.3) is 0 Å². The first-order valence-corrected chi connectivity index (χ1v) is 9.56. The van der Waals surface area contributed by atoms with Gasteiger partial charge in [-0.2, -0.15) is 13.2 Å². The highest BCUT2D eigenvalue weighted by Crippen LogP contribution is 2.38. The lowest BCUT2D eigenvalue weighted by molar-refractivity contribution is -0.137. The summed E-state index contributed by atoms with van der Waals surface area (Å²) in [5.74, 6) is -0.157. The molecular formula is C21H16F3N3OS. The van der Waals surface area contributed by atoms with Crippen molar-refractivity contribution in [2.45, 2.75) is 13.1 Å². The molecule has 0 aliphatic carbocycles. The van der Waals surface area contributed by atoms with E-state index in [4.69, 9.17) is 5.41 Å². The Hall–Kier alpha value is -3.13. The van der Waals surface area contributed by atoms with Crippen LogP contribution in [0.4, 0.5) is 18.9 Å². The van der Waals surface area contributed by atoms with E-state index < -0.39 is 11.7 Å². The quantitative estimate of drug-likeness (QED) is 0.560. The number of hydrogen-bond donors (Lipinski definition) is 2. The van der Waals surface area contributed by atoms with Crippen LogP contribution in [0.5, 0.6) is 0 Å². The van der Waals surface area contributed by atoms with Gasteiger partial charge in [0.1, 0.15) is 16.6 Å². The first-order valence-electron chi connectivity index (χ1n) is 8.75. The molecule has 148 valence electrons. The van der Waals surface area contributed by atoms with E-state index in [0.29, 0.717) is 5.01 Å². The highest BCUT2D eigenvalue weighted by atomic mass is 32.1. The zero-order valence-electron chi connectivity index (χ0n) is 15.3. The fourth-order valence-electron chi connectivity index (χ4n) is 3.24. The van der Waals surface area contributed by atoms with Crippen LogP contribution in [0.3, 0.4) is 0 Å². The van der Waals surface area contributed by atoms with E-state index in [-0.39, 0.29) is 29.4 Å². The second-order valence-corrected chi connectivity index (χ2v) is 7.80. The fraction of sp³-hybridized carbons (Fsp3) is 0.143. The number of halogens is 3. The summed E-state index contributed by atoms with van der Waals surface area (Å²) in [4.78, 5) is 6.87. The molecule has 3 aromatic rings. The van der Waals surface area contributed by atoms with E-state index in [1.807, 2.05) is 37.3 Å². The van der Waals surface area contributed by atoms with Crippen LogP contribution in [0.15, 0.2) is 60.4 Å². The number of alkyl halides is 3. The lowest BCUT2D eigenvalue weighted by Crippen LogP contribution is -2.26. The maximum Gasteiger partial charge on any atom is 0.416 e. The topological polar surface area (TPSA) is 60.2 Å². The Balaban J connectivity index is 1.68. The van der Waals surface area contributed by atoms with Crippen LogP contribution in [0, 0.1) is 12.3 Å². The van der Waals surface area contributed by atoms with Gasteiger partial charge in [0, 0.05) is 16.1 Å². The standard InChI is InChI=1S/C21H16F3N3OS/c1-12-18(13-6-3-2-4-7-13)26-20(29-12)17-16(28)11-27(19(17)25)15-9-5-8-14(10-15)21(22,23)24/h2-10,25,28H,11H2,1H3. The molecule has 0 atom stereocenters. The highest BCUT2D eigenvalue weighted by Gasteiger charge is 2.34. The molecule has 0 spiro atoms. The predicted molar refractivity (Wildman–Crippen MR) is 108 cm³/mol. The van der Waals surface area contributed by atoms with E-state index >= 15 is 0 Å². The number of aliphatic hydroxyl groups excluding tert-OH is 1. The Labute approximate surface area is 169 Å². The highest BCUT2D eigenvalue weighted by molar-refractivity contribution is 7.13. The van der Waals surface area contributed by atoms with Gasteiger partial charge in [0.05, 0.1) is 23.4 Å². The second-order valence-electron chi connectivity index (χ2n) is 6.59. The van der Waals surface area contributed by atoms with Gasteiger partial charge in [-0.3, -0.25) is 5.41 Å². The van der Waals surface area contributed by atoms with Crippen LogP contribution in [-0.2, 0) is 6.18 Å². The van der Waals surface area contributed by atoms with Crippen LogP contribution in [0.2, 0.25) is 0 Å². The number of aromatic nitrogens is 1. The normalized spacial score (nSPS) is 14.8. The van der Waals surface area contributed by atoms with Gasteiger partial charge in [-0.05, 0) is 25.1 Å². The predicted octanol–water partition coefficient (Wildman–Crippen LogP) is 5.90. The number of amidine groups is 1. The van der Waals surface area contributed by atoms with Crippen molar-refractivity contribution in [2.24, 2.45) is 0 Å². The average Bonchev–Trinajstić information content (AvgIpc) is 3.21. The lowest BCUT2D eigenvalue weighted by Gasteiger charge is -2.20. The molecule has 2 heterocycles. The molecule has 1 aromatic heterocycles. The molecule has 0 fully saturated rings. The molecule has 4 rings (SSSR count). The van der Waals surface area contributed by atoms with Gasteiger partial charge in [0.15, 0.2) is 0 Å². The monoisotopic (exact) mass is 415 g/mol. The summed E-state index contributed by atoms with van der Waals surface area (Å²) in [6.45, 7) is 1.83. The second kappa shape index (κ2) is 7.04. The van der Waals surface area contributed by atoms with E-state index in [1.54, 1.807) is 0 Å². The Morgan fingerprint density at radius 2 is 1.83 bits per heavy atom. The largest absolute Gasteiger partial charge is 0.510 e. The summed E-state index contributed by atoms with van der Waals surface area (Å²) in [6, 6.07) is 14.3. The summed E-state index contributed by atoms with van der Waals surface area (Å²) >= 11 is 1.34. The van der Waals surface area contributed by atoms with Crippen molar-refractivity contribution in [3.63, 3.8) is 0 Å². The Bertz CT molecular complexity index is 1120. The molecule has 0 saturated carbocycles. The summed E-state index contributed by atoms with van der Waals surface area (Å²) in [5.41, 5.74) is 1.33. The molecule has 2 aromatic carbocycles. The third kappa shape index (κ3) is 3.51. The number of nitrogens with one attached hydrogen (secondary N) is 1. The minimum absolute atomic E-state index is 0.0739. The van der Waals surface area contributed by atoms with Crippen LogP contribution in [0.25, 0.3) is 16.8 Å². The van der Waals surface area contributed by atoms with Gasteiger partial charge in [-0.1, -0.05) is 36.4 Å². The first kappa shape index (κ1) is 19.2. The van der Waals surface area contributed by atoms with Crippen molar-refractivity contribution in [2.75, 3.05) is 11.4 Å². The van der Waals surface area contributed by atoms with Crippen LogP contribution in [0.1, 0.15) is 15.4 Å². The van der Waals surface area contributed by atoms with Gasteiger partial charge >= 0.3 is 6.18 Å². The number of aliphatic hydroxyl groups is 1. The van der Waals surface area contributed by atoms with Crippen LogP contribution >= 0.6 is 11.3 Å². The third-order valence-electron chi connectivity index (χ3n) is 4.65. The van der Waals surface area contributed by atoms with E-state index in [9.17, 15) is 18.3 Å². The van der Waals surface area contributed by atoms with Crippen molar-refractivity contribution in [1.29, 1.82) is 5.41 Å². The minimum Gasteiger partial charge on any atom is -0.510 e. The molecule has 29 heavy (non-hydrogen) atoms. The van der Waals surface area contributed by atoms with Crippen molar-refractivity contribution in [1.82, 2.24) is 4.98 Å². The van der Waals surface area contributed by atoms with Crippen molar-refractivity contribution < 1.29 is 18.3 Å². The zero-order valence-corrected chi connectivity index (χ0v) is 16.1.